The molecular weight excluding hydrogens is 206 g/mol. The third-order valence-electron chi connectivity index (χ3n) is 4.46. The molecule has 2 unspecified atom stereocenters. The summed E-state index contributed by atoms with van der Waals surface area (Å²) in [5.74, 6) is 0.810. The second kappa shape index (κ2) is 4.81. The van der Waals surface area contributed by atoms with E-state index in [-0.39, 0.29) is 0 Å². The highest BCUT2D eigenvalue weighted by atomic mass is 15.0. The van der Waals surface area contributed by atoms with Gasteiger partial charge in [0, 0.05) is 12.1 Å². The van der Waals surface area contributed by atoms with Crippen molar-refractivity contribution in [1.82, 2.24) is 5.32 Å². The minimum absolute atomic E-state index is 0.800. The van der Waals surface area contributed by atoms with Gasteiger partial charge in [-0.2, -0.15) is 0 Å². The van der Waals surface area contributed by atoms with Gasteiger partial charge >= 0.3 is 0 Å². The number of fused-ring (bicyclic) bond motifs is 2. The molecule has 1 aromatic carbocycles. The van der Waals surface area contributed by atoms with Gasteiger partial charge in [0.25, 0.3) is 0 Å². The van der Waals surface area contributed by atoms with Crippen molar-refractivity contribution in [3.05, 3.63) is 35.4 Å². The topological polar surface area (TPSA) is 12.0 Å². The minimum Gasteiger partial charge on any atom is -0.311 e. The van der Waals surface area contributed by atoms with Crippen LogP contribution in [0.3, 0.4) is 0 Å². The number of rotatable bonds is 3. The number of hydrogen-bond donors (Lipinski definition) is 1. The standard InChI is InChI=1S/C16H23N/c1-2-3-12-4-6-13(7-5-12)14-10-15-8-9-16(11-14)17-15/h4-7,14-17H,2-3,8-11H2,1H3. The Labute approximate surface area is 105 Å². The van der Waals surface area contributed by atoms with Gasteiger partial charge in [-0.05, 0) is 49.1 Å². The molecule has 0 aromatic heterocycles. The lowest BCUT2D eigenvalue weighted by molar-refractivity contribution is 0.363. The Kier molecular flexibility index (Phi) is 3.19. The molecule has 0 spiro atoms. The average molecular weight is 229 g/mol. The van der Waals surface area contributed by atoms with Crippen LogP contribution in [-0.4, -0.2) is 12.1 Å². The monoisotopic (exact) mass is 229 g/mol. The van der Waals surface area contributed by atoms with E-state index in [1.54, 1.807) is 5.56 Å². The Bertz CT molecular complexity index is 356. The van der Waals surface area contributed by atoms with E-state index >= 15 is 0 Å². The Balaban J connectivity index is 1.71. The SMILES string of the molecule is CCCc1ccc(C2CC3CCC(C2)N3)cc1. The molecule has 1 nitrogen and oxygen atoms in total. The molecule has 2 atom stereocenters. The van der Waals surface area contributed by atoms with Crippen molar-refractivity contribution in [1.29, 1.82) is 0 Å². The maximum absolute atomic E-state index is 3.72. The van der Waals surface area contributed by atoms with Gasteiger partial charge in [-0.1, -0.05) is 37.6 Å². The van der Waals surface area contributed by atoms with E-state index < -0.39 is 0 Å². The fourth-order valence-electron chi connectivity index (χ4n) is 3.57. The first kappa shape index (κ1) is 11.3. The molecule has 1 heteroatoms. The van der Waals surface area contributed by atoms with E-state index in [0.29, 0.717) is 0 Å². The Morgan fingerprint density at radius 1 is 1.06 bits per heavy atom. The Hall–Kier alpha value is -0.820. The third kappa shape index (κ3) is 2.40. The summed E-state index contributed by atoms with van der Waals surface area (Å²) in [4.78, 5) is 0. The first-order valence-electron chi connectivity index (χ1n) is 7.20. The summed E-state index contributed by atoms with van der Waals surface area (Å²) < 4.78 is 0. The Morgan fingerprint density at radius 2 is 1.71 bits per heavy atom. The molecule has 3 rings (SSSR count). The molecule has 0 radical (unpaired) electrons. The van der Waals surface area contributed by atoms with Gasteiger partial charge in [0.2, 0.25) is 0 Å². The van der Waals surface area contributed by atoms with Crippen LogP contribution in [0.5, 0.6) is 0 Å². The number of benzene rings is 1. The second-order valence-corrected chi connectivity index (χ2v) is 5.80. The van der Waals surface area contributed by atoms with Crippen molar-refractivity contribution in [2.45, 2.75) is 63.5 Å². The van der Waals surface area contributed by atoms with E-state index in [2.05, 4.69) is 36.5 Å². The summed E-state index contributed by atoms with van der Waals surface area (Å²) in [6.07, 6.45) is 7.96. The molecule has 2 heterocycles. The number of hydrogen-bond acceptors (Lipinski definition) is 1. The van der Waals surface area contributed by atoms with Crippen LogP contribution in [0.2, 0.25) is 0 Å². The van der Waals surface area contributed by atoms with Crippen molar-refractivity contribution in [3.63, 3.8) is 0 Å². The molecule has 2 fully saturated rings. The lowest BCUT2D eigenvalue weighted by Crippen LogP contribution is -2.37. The van der Waals surface area contributed by atoms with Gasteiger partial charge in [0.1, 0.15) is 0 Å². The highest BCUT2D eigenvalue weighted by molar-refractivity contribution is 5.26. The lowest BCUT2D eigenvalue weighted by Gasteiger charge is -2.29. The van der Waals surface area contributed by atoms with Gasteiger partial charge in [-0.25, -0.2) is 0 Å². The van der Waals surface area contributed by atoms with Crippen molar-refractivity contribution in [3.8, 4) is 0 Å². The number of nitrogens with one attached hydrogen (secondary N) is 1. The molecule has 1 N–H and O–H groups in total. The number of piperidine rings is 1. The van der Waals surface area contributed by atoms with Crippen LogP contribution in [-0.2, 0) is 6.42 Å². The van der Waals surface area contributed by atoms with Crippen LogP contribution in [0.1, 0.15) is 56.1 Å². The molecular formula is C16H23N. The van der Waals surface area contributed by atoms with Crippen molar-refractivity contribution < 1.29 is 0 Å². The smallest absolute Gasteiger partial charge is 0.00760 e. The molecule has 2 saturated heterocycles. The molecule has 2 aliphatic heterocycles. The van der Waals surface area contributed by atoms with Gasteiger partial charge in [0.15, 0.2) is 0 Å². The summed E-state index contributed by atoms with van der Waals surface area (Å²) in [6, 6.07) is 11.0. The summed E-state index contributed by atoms with van der Waals surface area (Å²) in [5, 5.41) is 3.72. The first-order chi connectivity index (χ1) is 8.35. The third-order valence-corrected chi connectivity index (χ3v) is 4.46. The van der Waals surface area contributed by atoms with Gasteiger partial charge in [-0.3, -0.25) is 0 Å². The van der Waals surface area contributed by atoms with Crippen molar-refractivity contribution >= 4 is 0 Å². The molecule has 2 bridgehead atoms. The average Bonchev–Trinajstić information content (AvgIpc) is 2.70. The van der Waals surface area contributed by atoms with Crippen molar-refractivity contribution in [2.75, 3.05) is 0 Å². The van der Waals surface area contributed by atoms with Crippen LogP contribution < -0.4 is 5.32 Å². The van der Waals surface area contributed by atoms with E-state index in [9.17, 15) is 0 Å². The molecule has 0 saturated carbocycles. The maximum atomic E-state index is 3.72. The van der Waals surface area contributed by atoms with Crippen LogP contribution in [0.25, 0.3) is 0 Å². The normalized spacial score (nSPS) is 31.7. The molecule has 2 aliphatic rings. The van der Waals surface area contributed by atoms with E-state index in [1.165, 1.54) is 44.1 Å². The van der Waals surface area contributed by atoms with Crippen LogP contribution in [0, 0.1) is 0 Å². The minimum atomic E-state index is 0.800. The van der Waals surface area contributed by atoms with E-state index in [0.717, 1.165) is 18.0 Å². The highest BCUT2D eigenvalue weighted by Gasteiger charge is 2.33. The second-order valence-electron chi connectivity index (χ2n) is 5.80. The molecule has 92 valence electrons. The summed E-state index contributed by atoms with van der Waals surface area (Å²) in [5.41, 5.74) is 3.07. The van der Waals surface area contributed by atoms with Crippen LogP contribution in [0.15, 0.2) is 24.3 Å². The summed E-state index contributed by atoms with van der Waals surface area (Å²) in [7, 11) is 0. The molecule has 1 aromatic rings. The summed E-state index contributed by atoms with van der Waals surface area (Å²) in [6.45, 7) is 2.25. The van der Waals surface area contributed by atoms with Gasteiger partial charge < -0.3 is 5.32 Å². The maximum Gasteiger partial charge on any atom is 0.00760 e. The van der Waals surface area contributed by atoms with Gasteiger partial charge in [0.05, 0.1) is 0 Å². The van der Waals surface area contributed by atoms with Gasteiger partial charge in [-0.15, -0.1) is 0 Å². The van der Waals surface area contributed by atoms with Crippen molar-refractivity contribution in [2.24, 2.45) is 0 Å². The molecule has 17 heavy (non-hydrogen) atoms. The highest BCUT2D eigenvalue weighted by Crippen LogP contribution is 2.37. The van der Waals surface area contributed by atoms with E-state index in [1.807, 2.05) is 0 Å². The van der Waals surface area contributed by atoms with Crippen LogP contribution >= 0.6 is 0 Å². The number of aryl methyl sites for hydroxylation is 1. The first-order valence-corrected chi connectivity index (χ1v) is 7.20. The Morgan fingerprint density at radius 3 is 2.29 bits per heavy atom. The quantitative estimate of drug-likeness (QED) is 0.834. The molecule has 0 amide bonds. The zero-order valence-corrected chi connectivity index (χ0v) is 10.8. The predicted molar refractivity (Wildman–Crippen MR) is 72.4 cm³/mol. The lowest BCUT2D eigenvalue weighted by atomic mass is 9.86. The fraction of sp³-hybridized carbons (Fsp3) is 0.625. The van der Waals surface area contributed by atoms with E-state index in [4.69, 9.17) is 0 Å². The predicted octanol–water partition coefficient (Wildman–Crippen LogP) is 3.64. The zero-order valence-electron chi connectivity index (χ0n) is 10.8. The largest absolute Gasteiger partial charge is 0.311 e. The molecule has 0 aliphatic carbocycles. The zero-order chi connectivity index (χ0) is 11.7. The fourth-order valence-corrected chi connectivity index (χ4v) is 3.57. The summed E-state index contributed by atoms with van der Waals surface area (Å²) >= 11 is 0. The van der Waals surface area contributed by atoms with Crippen LogP contribution in [0.4, 0.5) is 0 Å².